The Balaban J connectivity index is 2.22. The van der Waals surface area contributed by atoms with Gasteiger partial charge in [0.15, 0.2) is 5.75 Å². The van der Waals surface area contributed by atoms with Gasteiger partial charge in [0.05, 0.1) is 15.2 Å². The molecule has 0 saturated heterocycles. The fourth-order valence-electron chi connectivity index (χ4n) is 2.31. The van der Waals surface area contributed by atoms with E-state index in [4.69, 9.17) is 14.7 Å². The minimum absolute atomic E-state index is 0.210. The number of phenolic OH excluding ortho intramolecular Hbond substituents is 1. The Labute approximate surface area is 180 Å². The van der Waals surface area contributed by atoms with Crippen molar-refractivity contribution >= 4 is 44.0 Å². The number of carboxylic acid groups (broad SMARTS) is 1. The molecule has 0 fully saturated rings. The highest BCUT2D eigenvalue weighted by Crippen LogP contribution is 2.39. The van der Waals surface area contributed by atoms with Crippen LogP contribution in [0.25, 0.3) is 0 Å². The highest BCUT2D eigenvalue weighted by Gasteiger charge is 2.14. The number of hydrogen-bond acceptors (Lipinski definition) is 5. The van der Waals surface area contributed by atoms with Crippen LogP contribution in [0.4, 0.5) is 0 Å². The molecule has 2 aromatic carbocycles. The van der Waals surface area contributed by atoms with Crippen LogP contribution < -0.4 is 4.74 Å². The third-order valence-corrected chi connectivity index (χ3v) is 5.33. The van der Waals surface area contributed by atoms with Crippen molar-refractivity contribution in [3.63, 3.8) is 0 Å². The molecule has 0 radical (unpaired) electrons. The fourth-order valence-corrected chi connectivity index (χ4v) is 3.69. The average molecular weight is 515 g/mol. The molecule has 0 aliphatic carbocycles. The van der Waals surface area contributed by atoms with Crippen LogP contribution in [0.1, 0.15) is 44.2 Å². The lowest BCUT2D eigenvalue weighted by Crippen LogP contribution is -2.17. The minimum Gasteiger partial charge on any atom is -0.508 e. The molecule has 8 heteroatoms. The second-order valence-electron chi connectivity index (χ2n) is 6.27. The van der Waals surface area contributed by atoms with Crippen molar-refractivity contribution in [1.82, 2.24) is 0 Å². The number of halogens is 2. The lowest BCUT2D eigenvalue weighted by Gasteiger charge is -2.15. The summed E-state index contributed by atoms with van der Waals surface area (Å²) < 4.78 is 7.35. The maximum absolute atomic E-state index is 10.7. The number of oxime groups is 1. The largest absolute Gasteiger partial charge is 0.508 e. The molecular formula is C20H21Br2NO5. The number of nitrogens with zero attached hydrogens (tertiary/aromatic N) is 1. The number of ether oxygens (including phenoxy) is 1. The summed E-state index contributed by atoms with van der Waals surface area (Å²) in [5.41, 5.74) is 1.52. The van der Waals surface area contributed by atoms with E-state index in [1.54, 1.807) is 24.3 Å². The zero-order valence-electron chi connectivity index (χ0n) is 15.6. The van der Waals surface area contributed by atoms with E-state index in [0.717, 1.165) is 12.0 Å². The first kappa shape index (κ1) is 22.2. The van der Waals surface area contributed by atoms with Gasteiger partial charge >= 0.3 is 5.97 Å². The van der Waals surface area contributed by atoms with Crippen LogP contribution in [0, 0.1) is 0 Å². The number of carbonyl (C=O) groups is 1. The van der Waals surface area contributed by atoms with Gasteiger partial charge in [-0.05, 0) is 87.0 Å². The number of rotatable bonds is 8. The first-order chi connectivity index (χ1) is 13.2. The molecule has 2 rings (SSSR count). The number of aromatic hydroxyl groups is 1. The molecular weight excluding hydrogens is 494 g/mol. The molecule has 0 spiro atoms. The van der Waals surface area contributed by atoms with Crippen LogP contribution in [-0.2, 0) is 9.63 Å². The summed E-state index contributed by atoms with van der Waals surface area (Å²) >= 11 is 6.95. The number of aliphatic carboxylic acids is 1. The predicted molar refractivity (Wildman–Crippen MR) is 115 cm³/mol. The normalized spacial score (nSPS) is 13.3. The molecule has 0 saturated carbocycles. The average Bonchev–Trinajstić information content (AvgIpc) is 2.65. The van der Waals surface area contributed by atoms with Crippen molar-refractivity contribution in [2.45, 2.75) is 39.2 Å². The maximum Gasteiger partial charge on any atom is 0.347 e. The van der Waals surface area contributed by atoms with Crippen molar-refractivity contribution in [2.75, 3.05) is 0 Å². The Morgan fingerprint density at radius 3 is 2.43 bits per heavy atom. The molecule has 2 unspecified atom stereocenters. The molecule has 150 valence electrons. The topological polar surface area (TPSA) is 88.4 Å². The number of hydrogen-bond donors (Lipinski definition) is 2. The molecule has 0 bridgehead atoms. The zero-order chi connectivity index (χ0) is 20.8. The van der Waals surface area contributed by atoms with Crippen LogP contribution in [0.5, 0.6) is 17.2 Å². The lowest BCUT2D eigenvalue weighted by molar-refractivity contribution is -0.149. The summed E-state index contributed by atoms with van der Waals surface area (Å²) in [7, 11) is 0. The molecule has 0 amide bonds. The Kier molecular flexibility index (Phi) is 7.88. The fraction of sp³-hybridized carbons (Fsp3) is 0.300. The molecule has 0 aromatic heterocycles. The highest BCUT2D eigenvalue weighted by atomic mass is 79.9. The highest BCUT2D eigenvalue weighted by molar-refractivity contribution is 9.11. The summed E-state index contributed by atoms with van der Waals surface area (Å²) in [6.45, 7) is 5.51. The third-order valence-electron chi connectivity index (χ3n) is 4.15. The van der Waals surface area contributed by atoms with Crippen LogP contribution in [0.15, 0.2) is 44.4 Å². The van der Waals surface area contributed by atoms with Crippen molar-refractivity contribution in [3.05, 3.63) is 50.4 Å². The van der Waals surface area contributed by atoms with E-state index in [9.17, 15) is 9.90 Å². The first-order valence-corrected chi connectivity index (χ1v) is 10.2. The summed E-state index contributed by atoms with van der Waals surface area (Å²) in [5, 5.41) is 22.5. The van der Waals surface area contributed by atoms with Crippen molar-refractivity contribution in [2.24, 2.45) is 5.16 Å². The number of carboxylic acids is 1. The van der Waals surface area contributed by atoms with Crippen LogP contribution in [0.2, 0.25) is 0 Å². The predicted octanol–water partition coefficient (Wildman–Crippen LogP) is 6.05. The summed E-state index contributed by atoms with van der Waals surface area (Å²) in [4.78, 5) is 15.6. The van der Waals surface area contributed by atoms with Gasteiger partial charge in [0, 0.05) is 5.56 Å². The van der Waals surface area contributed by atoms with E-state index in [-0.39, 0.29) is 11.7 Å². The van der Waals surface area contributed by atoms with Crippen molar-refractivity contribution in [1.29, 1.82) is 0 Å². The Morgan fingerprint density at radius 1 is 1.21 bits per heavy atom. The second-order valence-corrected chi connectivity index (χ2v) is 7.97. The van der Waals surface area contributed by atoms with Gasteiger partial charge in [-0.3, -0.25) is 0 Å². The van der Waals surface area contributed by atoms with Crippen molar-refractivity contribution in [3.8, 4) is 17.2 Å². The summed E-state index contributed by atoms with van der Waals surface area (Å²) in [6, 6.07) is 8.71. The number of phenols is 1. The van der Waals surface area contributed by atoms with Crippen molar-refractivity contribution < 1.29 is 24.6 Å². The van der Waals surface area contributed by atoms with Gasteiger partial charge in [-0.1, -0.05) is 19.0 Å². The van der Waals surface area contributed by atoms with Gasteiger partial charge in [0.25, 0.3) is 0 Å². The molecule has 2 aromatic rings. The summed E-state index contributed by atoms with van der Waals surface area (Å²) in [5.74, 6) is 0.547. The van der Waals surface area contributed by atoms with Gasteiger partial charge in [-0.15, -0.1) is 0 Å². The van der Waals surface area contributed by atoms with Gasteiger partial charge in [-0.2, -0.15) is 0 Å². The third kappa shape index (κ3) is 5.72. The van der Waals surface area contributed by atoms with E-state index in [0.29, 0.717) is 26.0 Å². The molecule has 0 heterocycles. The quantitative estimate of drug-likeness (QED) is 0.331. The molecule has 6 nitrogen and oxygen atoms in total. The van der Waals surface area contributed by atoms with E-state index in [1.165, 1.54) is 13.1 Å². The Morgan fingerprint density at radius 2 is 1.86 bits per heavy atom. The number of benzene rings is 2. The van der Waals surface area contributed by atoms with Crippen LogP contribution in [0.3, 0.4) is 0 Å². The monoisotopic (exact) mass is 513 g/mol. The lowest BCUT2D eigenvalue weighted by atomic mass is 9.97. The SMILES string of the molecule is CCC(C)c1cc(Oc2c(Br)cc(/C=N/OC(C)C(=O)O)cc2Br)ccc1O. The Hall–Kier alpha value is -2.06. The maximum atomic E-state index is 10.7. The van der Waals surface area contributed by atoms with Gasteiger partial charge in [0.2, 0.25) is 6.10 Å². The molecule has 28 heavy (non-hydrogen) atoms. The molecule has 2 N–H and O–H groups in total. The van der Waals surface area contributed by atoms with Gasteiger partial charge in [-0.25, -0.2) is 4.79 Å². The van der Waals surface area contributed by atoms with Crippen LogP contribution >= 0.6 is 31.9 Å². The Bertz CT molecular complexity index is 862. The van der Waals surface area contributed by atoms with E-state index in [1.807, 2.05) is 13.0 Å². The van der Waals surface area contributed by atoms with Gasteiger partial charge in [0.1, 0.15) is 11.5 Å². The van der Waals surface area contributed by atoms with Gasteiger partial charge < -0.3 is 19.8 Å². The van der Waals surface area contributed by atoms with Crippen LogP contribution in [-0.4, -0.2) is 28.5 Å². The van der Waals surface area contributed by atoms with E-state index in [2.05, 4.69) is 43.9 Å². The molecule has 0 aliphatic heterocycles. The minimum atomic E-state index is -1.09. The van der Waals surface area contributed by atoms with E-state index < -0.39 is 12.1 Å². The standard InChI is InChI=1S/C20H21Br2NO5/c1-4-11(2)15-9-14(5-6-18(15)24)27-19-16(21)7-13(8-17(19)22)10-23-28-12(3)20(25)26/h5-12,24H,4H2,1-3H3,(H,25,26)/b23-10+. The molecule has 0 aliphatic rings. The summed E-state index contributed by atoms with van der Waals surface area (Å²) in [6.07, 6.45) is 1.29. The molecule has 2 atom stereocenters. The second kappa shape index (κ2) is 9.93. The first-order valence-electron chi connectivity index (χ1n) is 8.64. The van der Waals surface area contributed by atoms with E-state index >= 15 is 0 Å². The zero-order valence-corrected chi connectivity index (χ0v) is 18.8. The smallest absolute Gasteiger partial charge is 0.347 e.